The number of amides is 3. The standard InChI is InChI=1S/C24H26N10O6S2/c1-4-40-29-15(18-28-24(25)42-30-18)20(36)27-16-21(37)34-17(23(38)39)12(10-41-22(16)34)8-32-7-5-6-13-19(32)26-11-33(13)9-14(35)31(2)3/h5-7,11,16,22H,4,8-10H2,1-3H3,(H3-,25,27,28,30,36,38,39)/p+1. The Kier molecular flexibility index (Phi) is 8.08. The first-order chi connectivity index (χ1) is 20.1. The summed E-state index contributed by atoms with van der Waals surface area (Å²) in [6.45, 7) is 2.12. The maximum atomic E-state index is 13.2. The summed E-state index contributed by atoms with van der Waals surface area (Å²) in [6.07, 6.45) is 3.32. The van der Waals surface area contributed by atoms with Gasteiger partial charge in [-0.15, -0.1) is 11.8 Å². The average molecular weight is 616 g/mol. The van der Waals surface area contributed by atoms with Gasteiger partial charge in [0.25, 0.3) is 11.8 Å². The molecule has 1 fully saturated rings. The van der Waals surface area contributed by atoms with Crippen molar-refractivity contribution in [3.05, 3.63) is 41.8 Å². The lowest BCUT2D eigenvalue weighted by Gasteiger charge is -2.49. The van der Waals surface area contributed by atoms with Gasteiger partial charge in [-0.25, -0.2) is 9.36 Å². The molecule has 0 aromatic carbocycles. The summed E-state index contributed by atoms with van der Waals surface area (Å²) in [6, 6.07) is 2.61. The van der Waals surface area contributed by atoms with Gasteiger partial charge in [0.1, 0.15) is 42.3 Å². The van der Waals surface area contributed by atoms with Crippen molar-refractivity contribution in [2.75, 3.05) is 32.2 Å². The topological polar surface area (TPSA) is 202 Å². The molecule has 5 heterocycles. The Morgan fingerprint density at radius 2 is 2.14 bits per heavy atom. The number of nitrogens with two attached hydrogens (primary N) is 1. The number of nitrogens with zero attached hydrogens (tertiary/aromatic N) is 8. The normalized spacial score (nSPS) is 18.5. The molecule has 16 nitrogen and oxygen atoms in total. The number of carboxylic acids is 1. The first-order valence-corrected chi connectivity index (χ1v) is 14.5. The highest BCUT2D eigenvalue weighted by molar-refractivity contribution is 8.00. The first kappa shape index (κ1) is 28.9. The van der Waals surface area contributed by atoms with Crippen molar-refractivity contribution >= 4 is 69.0 Å². The lowest BCUT2D eigenvalue weighted by molar-refractivity contribution is -0.664. The number of hydrogen-bond donors (Lipinski definition) is 3. The van der Waals surface area contributed by atoms with Gasteiger partial charge in [-0.1, -0.05) is 5.16 Å². The Balaban J connectivity index is 1.37. The average Bonchev–Trinajstić information content (AvgIpc) is 3.58. The van der Waals surface area contributed by atoms with Crippen LogP contribution < -0.4 is 15.6 Å². The molecule has 2 unspecified atom stereocenters. The number of oxime groups is 1. The van der Waals surface area contributed by atoms with Crippen LogP contribution in [0.4, 0.5) is 5.13 Å². The van der Waals surface area contributed by atoms with Gasteiger partial charge in [0.15, 0.2) is 5.13 Å². The second kappa shape index (κ2) is 11.7. The first-order valence-electron chi connectivity index (χ1n) is 12.6. The molecule has 0 saturated carbocycles. The predicted molar refractivity (Wildman–Crippen MR) is 151 cm³/mol. The highest BCUT2D eigenvalue weighted by Gasteiger charge is 2.54. The highest BCUT2D eigenvalue weighted by atomic mass is 32.2. The number of hydrogen-bond acceptors (Lipinski definition) is 12. The van der Waals surface area contributed by atoms with E-state index in [1.165, 1.54) is 21.6 Å². The van der Waals surface area contributed by atoms with Gasteiger partial charge in [0.05, 0.1) is 6.20 Å². The summed E-state index contributed by atoms with van der Waals surface area (Å²) >= 11 is 2.20. The molecule has 5 rings (SSSR count). The van der Waals surface area contributed by atoms with Crippen molar-refractivity contribution in [1.82, 2.24) is 34.0 Å². The number of thioether (sulfide) groups is 1. The SMILES string of the molecule is CCON=C(C(=O)NC1C(=O)N2C(C(=O)O)=C(C[n+]3cccc4c3ncn4CC(=O)N(C)C)CSC12)c1nsc(N)n1. The maximum absolute atomic E-state index is 13.2. The molecule has 4 N–H and O–H groups in total. The maximum Gasteiger partial charge on any atom is 0.352 e. The number of likely N-dealkylation sites (N-methyl/N-ethyl adjacent to an activating group) is 1. The molecule has 3 aromatic heterocycles. The summed E-state index contributed by atoms with van der Waals surface area (Å²) in [5, 5.41) is 16.0. The number of carboxylic acid groups (broad SMARTS) is 1. The monoisotopic (exact) mass is 615 g/mol. The summed E-state index contributed by atoms with van der Waals surface area (Å²) in [4.78, 5) is 67.0. The lowest BCUT2D eigenvalue weighted by atomic mass is 10.0. The lowest BCUT2D eigenvalue weighted by Crippen LogP contribution is -2.71. The molecule has 0 radical (unpaired) electrons. The molecule has 2 aliphatic heterocycles. The third-order valence-electron chi connectivity index (χ3n) is 6.51. The Hall–Kier alpha value is -4.58. The molecular formula is C24H27N10O6S2+. The number of aromatic nitrogens is 5. The molecule has 2 atom stereocenters. The molecule has 0 bridgehead atoms. The van der Waals surface area contributed by atoms with Crippen molar-refractivity contribution in [3.63, 3.8) is 0 Å². The summed E-state index contributed by atoms with van der Waals surface area (Å²) in [5.41, 5.74) is 7.01. The third-order valence-corrected chi connectivity index (χ3v) is 8.39. The van der Waals surface area contributed by atoms with E-state index in [1.54, 1.807) is 48.7 Å². The van der Waals surface area contributed by atoms with Crippen LogP contribution in [0, 0.1) is 0 Å². The number of β-lactam (4-membered cyclic amide) rings is 1. The molecule has 2 aliphatic rings. The minimum atomic E-state index is -1.26. The zero-order valence-electron chi connectivity index (χ0n) is 22.8. The van der Waals surface area contributed by atoms with Crippen LogP contribution >= 0.6 is 23.3 Å². The number of carbonyl (C=O) groups is 4. The number of aliphatic carboxylic acids is 1. The Morgan fingerprint density at radius 1 is 1.36 bits per heavy atom. The van der Waals surface area contributed by atoms with Crippen molar-refractivity contribution in [2.45, 2.75) is 31.4 Å². The van der Waals surface area contributed by atoms with Gasteiger partial charge in [0.2, 0.25) is 23.8 Å². The number of nitrogen functional groups attached to an aromatic ring is 1. The molecule has 220 valence electrons. The molecule has 0 aliphatic carbocycles. The van der Waals surface area contributed by atoms with E-state index in [0.29, 0.717) is 16.7 Å². The zero-order chi connectivity index (χ0) is 30.1. The van der Waals surface area contributed by atoms with Crippen molar-refractivity contribution < 1.29 is 33.7 Å². The molecule has 18 heteroatoms. The van der Waals surface area contributed by atoms with Crippen LogP contribution in [0.25, 0.3) is 11.2 Å². The second-order valence-electron chi connectivity index (χ2n) is 9.44. The van der Waals surface area contributed by atoms with E-state index in [0.717, 1.165) is 11.5 Å². The van der Waals surface area contributed by atoms with Gasteiger partial charge in [-0.2, -0.15) is 9.36 Å². The minimum absolute atomic E-state index is 0.0449. The smallest absolute Gasteiger partial charge is 0.352 e. The van der Waals surface area contributed by atoms with Gasteiger partial charge in [-0.05, 0) is 24.0 Å². The van der Waals surface area contributed by atoms with Crippen LogP contribution in [0.1, 0.15) is 12.7 Å². The van der Waals surface area contributed by atoms with Crippen LogP contribution in [0.2, 0.25) is 0 Å². The van der Waals surface area contributed by atoms with Crippen LogP contribution in [0.5, 0.6) is 0 Å². The number of rotatable bonds is 10. The molecule has 3 amide bonds. The van der Waals surface area contributed by atoms with E-state index in [9.17, 15) is 24.3 Å². The number of nitrogens with one attached hydrogen (secondary N) is 1. The van der Waals surface area contributed by atoms with Crippen molar-refractivity contribution in [3.8, 4) is 0 Å². The van der Waals surface area contributed by atoms with E-state index in [1.807, 2.05) is 6.07 Å². The number of carbonyl (C=O) groups excluding carboxylic acids is 3. The quantitative estimate of drug-likeness (QED) is 0.110. The molecule has 0 spiro atoms. The van der Waals surface area contributed by atoms with Crippen LogP contribution in [-0.2, 0) is 37.1 Å². The van der Waals surface area contributed by atoms with E-state index < -0.39 is 29.2 Å². The summed E-state index contributed by atoms with van der Waals surface area (Å²) in [7, 11) is 3.34. The molecular weight excluding hydrogens is 588 g/mol. The van der Waals surface area contributed by atoms with Crippen LogP contribution in [0.15, 0.2) is 41.1 Å². The van der Waals surface area contributed by atoms with E-state index in [-0.39, 0.29) is 53.7 Å². The molecule has 1 saturated heterocycles. The number of anilines is 1. The zero-order valence-corrected chi connectivity index (χ0v) is 24.4. The Bertz CT molecular complexity index is 1650. The highest BCUT2D eigenvalue weighted by Crippen LogP contribution is 2.40. The van der Waals surface area contributed by atoms with Gasteiger partial charge in [-0.3, -0.25) is 23.9 Å². The third kappa shape index (κ3) is 5.37. The van der Waals surface area contributed by atoms with E-state index in [2.05, 4.69) is 24.8 Å². The van der Waals surface area contributed by atoms with Crippen LogP contribution in [0.3, 0.4) is 0 Å². The van der Waals surface area contributed by atoms with Crippen molar-refractivity contribution in [1.29, 1.82) is 0 Å². The van der Waals surface area contributed by atoms with Crippen LogP contribution in [-0.4, -0.2) is 101 Å². The second-order valence-corrected chi connectivity index (χ2v) is 11.3. The molecule has 3 aromatic rings. The fraction of sp³-hybridized carbons (Fsp3) is 0.375. The largest absolute Gasteiger partial charge is 0.477 e. The van der Waals surface area contributed by atoms with E-state index >= 15 is 0 Å². The van der Waals surface area contributed by atoms with Gasteiger partial charge < -0.3 is 25.9 Å². The van der Waals surface area contributed by atoms with E-state index in [4.69, 9.17) is 10.6 Å². The summed E-state index contributed by atoms with van der Waals surface area (Å²) in [5.74, 6) is -2.45. The predicted octanol–water partition coefficient (Wildman–Crippen LogP) is -0.975. The van der Waals surface area contributed by atoms with Gasteiger partial charge in [0, 0.05) is 37.0 Å². The molecule has 42 heavy (non-hydrogen) atoms. The summed E-state index contributed by atoms with van der Waals surface area (Å²) < 4.78 is 7.49. The van der Waals surface area contributed by atoms with Gasteiger partial charge >= 0.3 is 11.6 Å². The number of pyridine rings is 1. The Labute approximate surface area is 247 Å². The number of fused-ring (bicyclic) bond motifs is 2. The van der Waals surface area contributed by atoms with Crippen molar-refractivity contribution in [2.24, 2.45) is 5.16 Å². The fourth-order valence-corrected chi connectivity index (χ4v) is 6.26. The number of imidazole rings is 1. The Morgan fingerprint density at radius 3 is 2.81 bits per heavy atom. The minimum Gasteiger partial charge on any atom is -0.477 e. The fourth-order valence-electron chi connectivity index (χ4n) is 4.49.